The summed E-state index contributed by atoms with van der Waals surface area (Å²) in [5.41, 5.74) is 0.00416. The van der Waals surface area contributed by atoms with Gasteiger partial charge in [0.25, 0.3) is 0 Å². The first-order valence-electron chi connectivity index (χ1n) is 9.68. The molecule has 2 rings (SSSR count). The molecule has 2 N–H and O–H groups in total. The zero-order valence-corrected chi connectivity index (χ0v) is 19.4. The summed E-state index contributed by atoms with van der Waals surface area (Å²) >= 11 is 0. The van der Waals surface area contributed by atoms with Gasteiger partial charge in [0.15, 0.2) is 5.96 Å². The molecule has 0 spiro atoms. The van der Waals surface area contributed by atoms with Gasteiger partial charge in [-0.15, -0.1) is 24.0 Å². The van der Waals surface area contributed by atoms with Crippen LogP contribution in [-0.4, -0.2) is 64.2 Å². The van der Waals surface area contributed by atoms with Crippen molar-refractivity contribution in [3.05, 3.63) is 0 Å². The average molecular weight is 483 g/mol. The van der Waals surface area contributed by atoms with Crippen LogP contribution >= 0.6 is 24.0 Å². The zero-order valence-electron chi connectivity index (χ0n) is 17.1. The molecular formula is C19H38IN3O3. The van der Waals surface area contributed by atoms with Crippen molar-refractivity contribution in [3.63, 3.8) is 0 Å². The van der Waals surface area contributed by atoms with Crippen LogP contribution in [0.25, 0.3) is 0 Å². The van der Waals surface area contributed by atoms with E-state index >= 15 is 0 Å². The van der Waals surface area contributed by atoms with Crippen molar-refractivity contribution in [1.29, 1.82) is 0 Å². The highest BCUT2D eigenvalue weighted by Gasteiger charge is 2.58. The first kappa shape index (κ1) is 23.9. The highest BCUT2D eigenvalue weighted by molar-refractivity contribution is 14.0. The Morgan fingerprint density at radius 1 is 1.31 bits per heavy atom. The SMILES string of the molecule is CCNC(=NCCCOCC1CCOC1)NC1CC(C)(OC)C1(C)C.I. The summed E-state index contributed by atoms with van der Waals surface area (Å²) < 4.78 is 16.8. The van der Waals surface area contributed by atoms with E-state index in [1.165, 1.54) is 0 Å². The van der Waals surface area contributed by atoms with Crippen molar-refractivity contribution >= 4 is 29.9 Å². The lowest BCUT2D eigenvalue weighted by atomic mass is 9.56. The number of aliphatic imine (C=N–C) groups is 1. The molecule has 2 fully saturated rings. The molecule has 1 saturated carbocycles. The number of halogens is 1. The van der Waals surface area contributed by atoms with E-state index in [1.807, 2.05) is 0 Å². The van der Waals surface area contributed by atoms with E-state index in [1.54, 1.807) is 7.11 Å². The molecule has 0 bridgehead atoms. The Hall–Kier alpha value is -0.120. The monoisotopic (exact) mass is 483 g/mol. The second-order valence-electron chi connectivity index (χ2n) is 7.98. The Bertz CT molecular complexity index is 442. The average Bonchev–Trinajstić information content (AvgIpc) is 3.10. The number of hydrogen-bond acceptors (Lipinski definition) is 4. The zero-order chi connectivity index (χ0) is 18.3. The fraction of sp³-hybridized carbons (Fsp3) is 0.947. The second kappa shape index (κ2) is 11.0. The third-order valence-electron chi connectivity index (χ3n) is 6.03. The first-order valence-corrected chi connectivity index (χ1v) is 9.68. The third-order valence-corrected chi connectivity index (χ3v) is 6.03. The molecule has 1 heterocycles. The number of guanidine groups is 1. The number of nitrogens with one attached hydrogen (secondary N) is 2. The first-order chi connectivity index (χ1) is 11.9. The van der Waals surface area contributed by atoms with Gasteiger partial charge in [0.05, 0.1) is 18.8 Å². The van der Waals surface area contributed by atoms with Gasteiger partial charge in [-0.05, 0) is 33.1 Å². The molecule has 1 saturated heterocycles. The summed E-state index contributed by atoms with van der Waals surface area (Å²) in [6.45, 7) is 13.7. The second-order valence-corrected chi connectivity index (χ2v) is 7.98. The summed E-state index contributed by atoms with van der Waals surface area (Å²) in [6.07, 6.45) is 3.06. The van der Waals surface area contributed by atoms with Crippen molar-refractivity contribution in [1.82, 2.24) is 10.6 Å². The maximum Gasteiger partial charge on any atom is 0.191 e. The molecule has 0 amide bonds. The van der Waals surface area contributed by atoms with Crippen molar-refractivity contribution < 1.29 is 14.2 Å². The van der Waals surface area contributed by atoms with Gasteiger partial charge in [-0.2, -0.15) is 0 Å². The van der Waals surface area contributed by atoms with Gasteiger partial charge in [-0.25, -0.2) is 0 Å². The van der Waals surface area contributed by atoms with Crippen molar-refractivity contribution in [3.8, 4) is 0 Å². The van der Waals surface area contributed by atoms with Crippen LogP contribution in [0.5, 0.6) is 0 Å². The molecule has 0 aromatic heterocycles. The van der Waals surface area contributed by atoms with Crippen LogP contribution in [-0.2, 0) is 14.2 Å². The molecule has 0 aromatic rings. The number of ether oxygens (including phenoxy) is 3. The predicted molar refractivity (Wildman–Crippen MR) is 116 cm³/mol. The third kappa shape index (κ3) is 5.94. The van der Waals surface area contributed by atoms with Gasteiger partial charge in [0, 0.05) is 50.8 Å². The Kier molecular flexibility index (Phi) is 10.1. The van der Waals surface area contributed by atoms with Gasteiger partial charge in [-0.1, -0.05) is 13.8 Å². The summed E-state index contributed by atoms with van der Waals surface area (Å²) in [5, 5.41) is 6.91. The van der Waals surface area contributed by atoms with Gasteiger partial charge < -0.3 is 24.8 Å². The van der Waals surface area contributed by atoms with Crippen LogP contribution in [0.3, 0.4) is 0 Å². The molecule has 26 heavy (non-hydrogen) atoms. The van der Waals surface area contributed by atoms with E-state index in [4.69, 9.17) is 19.2 Å². The molecule has 1 aliphatic carbocycles. The smallest absolute Gasteiger partial charge is 0.191 e. The normalized spacial score (nSPS) is 30.4. The van der Waals surface area contributed by atoms with Crippen LogP contribution < -0.4 is 10.6 Å². The van der Waals surface area contributed by atoms with Crippen molar-refractivity contribution in [2.45, 2.75) is 58.6 Å². The molecule has 154 valence electrons. The number of rotatable bonds is 9. The van der Waals surface area contributed by atoms with E-state index in [2.05, 4.69) is 38.3 Å². The lowest BCUT2D eigenvalue weighted by molar-refractivity contribution is -0.176. The van der Waals surface area contributed by atoms with Crippen LogP contribution in [0.2, 0.25) is 0 Å². The summed E-state index contributed by atoms with van der Waals surface area (Å²) in [6, 6.07) is 0.369. The minimum atomic E-state index is -0.0697. The van der Waals surface area contributed by atoms with Gasteiger partial charge in [0.1, 0.15) is 0 Å². The predicted octanol–water partition coefficient (Wildman–Crippen LogP) is 2.81. The standard InChI is InChI=1S/C19H37N3O3.HI/c1-6-20-17(22-16-12-19(4,23-5)18(16,2)3)21-9-7-10-24-13-15-8-11-25-14-15;/h15-16H,6-14H2,1-5H3,(H2,20,21,22);1H. The number of hydrogen-bond donors (Lipinski definition) is 2. The molecular weight excluding hydrogens is 445 g/mol. The van der Waals surface area contributed by atoms with Crippen LogP contribution in [0.15, 0.2) is 4.99 Å². The number of methoxy groups -OCH3 is 1. The quantitative estimate of drug-likeness (QED) is 0.229. The molecule has 0 aromatic carbocycles. The van der Waals surface area contributed by atoms with E-state index in [0.29, 0.717) is 12.0 Å². The molecule has 3 unspecified atom stereocenters. The summed E-state index contributed by atoms with van der Waals surface area (Å²) in [7, 11) is 1.80. The van der Waals surface area contributed by atoms with Gasteiger partial charge in [-0.3, -0.25) is 4.99 Å². The van der Waals surface area contributed by atoms with Crippen LogP contribution in [0.1, 0.15) is 47.0 Å². The topological polar surface area (TPSA) is 64.1 Å². The Labute approximate surface area is 176 Å². The molecule has 2 aliphatic rings. The minimum absolute atomic E-state index is 0. The highest BCUT2D eigenvalue weighted by Crippen LogP contribution is 2.51. The van der Waals surface area contributed by atoms with E-state index in [-0.39, 0.29) is 35.0 Å². The molecule has 1 aliphatic heterocycles. The fourth-order valence-electron chi connectivity index (χ4n) is 3.53. The van der Waals surface area contributed by atoms with Crippen LogP contribution in [0.4, 0.5) is 0 Å². The van der Waals surface area contributed by atoms with Crippen molar-refractivity contribution in [2.24, 2.45) is 16.3 Å². The van der Waals surface area contributed by atoms with Gasteiger partial charge in [0.2, 0.25) is 0 Å². The van der Waals surface area contributed by atoms with E-state index in [9.17, 15) is 0 Å². The van der Waals surface area contributed by atoms with E-state index < -0.39 is 0 Å². The maximum atomic E-state index is 5.74. The highest BCUT2D eigenvalue weighted by atomic mass is 127. The molecule has 3 atom stereocenters. The Balaban J connectivity index is 0.00000338. The number of nitrogens with zero attached hydrogens (tertiary/aromatic N) is 1. The maximum absolute atomic E-state index is 5.74. The fourth-order valence-corrected chi connectivity index (χ4v) is 3.53. The molecule has 6 nitrogen and oxygen atoms in total. The van der Waals surface area contributed by atoms with Crippen LogP contribution in [0, 0.1) is 11.3 Å². The minimum Gasteiger partial charge on any atom is -0.381 e. The summed E-state index contributed by atoms with van der Waals surface area (Å²) in [5.74, 6) is 1.47. The Morgan fingerprint density at radius 3 is 2.65 bits per heavy atom. The van der Waals surface area contributed by atoms with Gasteiger partial charge >= 0.3 is 0 Å². The lowest BCUT2D eigenvalue weighted by Crippen LogP contribution is -2.69. The van der Waals surface area contributed by atoms with Crippen molar-refractivity contribution in [2.75, 3.05) is 46.6 Å². The molecule has 0 radical (unpaired) electrons. The lowest BCUT2D eigenvalue weighted by Gasteiger charge is -2.59. The molecule has 7 heteroatoms. The summed E-state index contributed by atoms with van der Waals surface area (Å²) in [4.78, 5) is 4.69. The largest absolute Gasteiger partial charge is 0.381 e. The van der Waals surface area contributed by atoms with E-state index in [0.717, 1.165) is 64.7 Å². The Morgan fingerprint density at radius 2 is 2.08 bits per heavy atom.